The number of carbonyl (C=O) groups excluding carboxylic acids is 2. The number of likely N-dealkylation sites (tertiary alicyclic amines) is 1. The van der Waals surface area contributed by atoms with E-state index in [0.717, 1.165) is 11.1 Å². The smallest absolute Gasteiger partial charge is 0.309 e. The summed E-state index contributed by atoms with van der Waals surface area (Å²) in [4.78, 5) is 27.5. The molecule has 0 saturated carbocycles. The Labute approximate surface area is 177 Å². The number of ether oxygens (including phenoxy) is 1. The molecule has 1 amide bonds. The lowest BCUT2D eigenvalue weighted by Gasteiger charge is -2.31. The topological polar surface area (TPSA) is 66.8 Å². The molecule has 1 saturated heterocycles. The summed E-state index contributed by atoms with van der Waals surface area (Å²) >= 11 is 0. The normalized spacial score (nSPS) is 25.1. The van der Waals surface area contributed by atoms with Gasteiger partial charge in [-0.15, -0.1) is 0 Å². The van der Waals surface area contributed by atoms with E-state index >= 15 is 0 Å². The van der Waals surface area contributed by atoms with Gasteiger partial charge in [0.1, 0.15) is 5.75 Å². The predicted octanol–water partition coefficient (Wildman–Crippen LogP) is 4.13. The Kier molecular flexibility index (Phi) is 5.62. The number of fused-ring (bicyclic) bond motifs is 1. The summed E-state index contributed by atoms with van der Waals surface area (Å²) in [6.07, 6.45) is 4.25. The fourth-order valence-corrected chi connectivity index (χ4v) is 4.70. The van der Waals surface area contributed by atoms with Crippen molar-refractivity contribution in [2.45, 2.75) is 13.8 Å². The maximum atomic E-state index is 13.1. The van der Waals surface area contributed by atoms with Crippen LogP contribution in [0, 0.1) is 23.7 Å². The summed E-state index contributed by atoms with van der Waals surface area (Å²) in [7, 11) is 0. The molecule has 156 valence electrons. The van der Waals surface area contributed by atoms with Crippen molar-refractivity contribution in [1.82, 2.24) is 4.90 Å². The minimum Gasteiger partial charge on any atom is -0.508 e. The van der Waals surface area contributed by atoms with Gasteiger partial charge >= 0.3 is 5.97 Å². The van der Waals surface area contributed by atoms with E-state index in [1.165, 1.54) is 0 Å². The van der Waals surface area contributed by atoms with Gasteiger partial charge in [-0.2, -0.15) is 0 Å². The number of carbonyl (C=O) groups is 2. The van der Waals surface area contributed by atoms with Crippen molar-refractivity contribution in [3.63, 3.8) is 0 Å². The molecule has 1 fully saturated rings. The summed E-state index contributed by atoms with van der Waals surface area (Å²) in [5.74, 6) is 0.271. The first-order chi connectivity index (χ1) is 14.5. The maximum Gasteiger partial charge on any atom is 0.309 e. The number of phenolic OH excluding ortho intramolecular Hbond substituents is 1. The molecule has 5 heteroatoms. The van der Waals surface area contributed by atoms with Crippen molar-refractivity contribution in [2.24, 2.45) is 23.7 Å². The zero-order chi connectivity index (χ0) is 21.3. The molecule has 1 heterocycles. The molecule has 1 aliphatic carbocycles. The van der Waals surface area contributed by atoms with Gasteiger partial charge in [-0.1, -0.05) is 43.3 Å². The highest BCUT2D eigenvalue weighted by Gasteiger charge is 2.46. The van der Waals surface area contributed by atoms with Gasteiger partial charge in [0.2, 0.25) is 0 Å². The molecular weight excluding hydrogens is 378 g/mol. The van der Waals surface area contributed by atoms with E-state index in [0.29, 0.717) is 25.3 Å². The second-order valence-corrected chi connectivity index (χ2v) is 8.18. The molecule has 0 bridgehead atoms. The highest BCUT2D eigenvalue weighted by atomic mass is 16.5. The highest BCUT2D eigenvalue weighted by Crippen LogP contribution is 2.40. The zero-order valence-corrected chi connectivity index (χ0v) is 17.3. The van der Waals surface area contributed by atoms with Crippen LogP contribution in [-0.2, 0) is 9.53 Å². The summed E-state index contributed by atoms with van der Waals surface area (Å²) in [6.45, 7) is 5.44. The van der Waals surface area contributed by atoms with Crippen molar-refractivity contribution in [1.29, 1.82) is 0 Å². The Bertz CT molecular complexity index is 948. The molecule has 5 nitrogen and oxygen atoms in total. The number of nitrogens with zero attached hydrogens (tertiary/aromatic N) is 1. The van der Waals surface area contributed by atoms with Gasteiger partial charge in [0.15, 0.2) is 0 Å². The molecule has 0 radical (unpaired) electrons. The number of hydrogen-bond donors (Lipinski definition) is 1. The van der Waals surface area contributed by atoms with E-state index < -0.39 is 0 Å². The van der Waals surface area contributed by atoms with Gasteiger partial charge in [-0.05, 0) is 60.1 Å². The van der Waals surface area contributed by atoms with E-state index in [9.17, 15) is 14.7 Å². The van der Waals surface area contributed by atoms with Crippen LogP contribution in [0.2, 0.25) is 0 Å². The molecule has 4 rings (SSSR count). The van der Waals surface area contributed by atoms with E-state index in [-0.39, 0.29) is 41.3 Å². The lowest BCUT2D eigenvalue weighted by Crippen LogP contribution is -2.37. The maximum absolute atomic E-state index is 13.1. The SMILES string of the molecule is CCOC(=O)[C@@H]1[C@H]2CN(C(=O)c3ccc(-c4ccc(O)cc4)cc3)C[C@@H]2C=C[C@@H]1C. The molecule has 0 aromatic heterocycles. The highest BCUT2D eigenvalue weighted by molar-refractivity contribution is 5.95. The van der Waals surface area contributed by atoms with Gasteiger partial charge in [0.25, 0.3) is 5.91 Å². The average Bonchev–Trinajstić information content (AvgIpc) is 3.18. The van der Waals surface area contributed by atoms with Crippen LogP contribution in [0.1, 0.15) is 24.2 Å². The lowest BCUT2D eigenvalue weighted by molar-refractivity contribution is -0.152. The Morgan fingerprint density at radius 1 is 1.00 bits per heavy atom. The Balaban J connectivity index is 1.49. The number of phenols is 1. The third-order valence-corrected chi connectivity index (χ3v) is 6.28. The van der Waals surface area contributed by atoms with Crippen LogP contribution in [0.25, 0.3) is 11.1 Å². The molecule has 2 aliphatic rings. The number of hydrogen-bond acceptors (Lipinski definition) is 4. The standard InChI is InChI=1S/C25H27NO4/c1-3-30-25(29)23-16(2)4-5-20-14-26(15-22(20)23)24(28)19-8-6-17(7-9-19)18-10-12-21(27)13-11-18/h4-13,16,20,22-23,27H,3,14-15H2,1-2H3/t16-,20-,22-,23-/m0/s1. The summed E-state index contributed by atoms with van der Waals surface area (Å²) in [5.41, 5.74) is 2.61. The van der Waals surface area contributed by atoms with Gasteiger partial charge in [0, 0.05) is 18.7 Å². The monoisotopic (exact) mass is 405 g/mol. The van der Waals surface area contributed by atoms with Gasteiger partial charge in [0.05, 0.1) is 12.5 Å². The number of benzene rings is 2. The van der Waals surface area contributed by atoms with Gasteiger partial charge < -0.3 is 14.7 Å². The fraction of sp³-hybridized carbons (Fsp3) is 0.360. The fourth-order valence-electron chi connectivity index (χ4n) is 4.70. The van der Waals surface area contributed by atoms with Crippen LogP contribution < -0.4 is 0 Å². The van der Waals surface area contributed by atoms with Gasteiger partial charge in [-0.25, -0.2) is 0 Å². The molecule has 2 aromatic carbocycles. The number of aromatic hydroxyl groups is 1. The molecule has 2 aromatic rings. The molecule has 30 heavy (non-hydrogen) atoms. The van der Waals surface area contributed by atoms with Crippen molar-refractivity contribution in [3.8, 4) is 16.9 Å². The van der Waals surface area contributed by atoms with E-state index in [4.69, 9.17) is 4.74 Å². The van der Waals surface area contributed by atoms with Crippen molar-refractivity contribution in [3.05, 3.63) is 66.2 Å². The Morgan fingerprint density at radius 2 is 1.63 bits per heavy atom. The van der Waals surface area contributed by atoms with E-state index in [1.54, 1.807) is 12.1 Å². The van der Waals surface area contributed by atoms with Crippen molar-refractivity contribution in [2.75, 3.05) is 19.7 Å². The quantitative estimate of drug-likeness (QED) is 0.613. The van der Waals surface area contributed by atoms with Crippen LogP contribution in [0.3, 0.4) is 0 Å². The molecular formula is C25H27NO4. The van der Waals surface area contributed by atoms with Crippen LogP contribution in [0.4, 0.5) is 0 Å². The van der Waals surface area contributed by atoms with E-state index in [1.807, 2.05) is 55.1 Å². The van der Waals surface area contributed by atoms with Crippen LogP contribution >= 0.6 is 0 Å². The minimum atomic E-state index is -0.199. The molecule has 4 atom stereocenters. The Morgan fingerprint density at radius 3 is 2.27 bits per heavy atom. The summed E-state index contributed by atoms with van der Waals surface area (Å²) in [6, 6.07) is 14.5. The molecule has 1 N–H and O–H groups in total. The average molecular weight is 405 g/mol. The van der Waals surface area contributed by atoms with E-state index in [2.05, 4.69) is 12.2 Å². The first-order valence-corrected chi connectivity index (χ1v) is 10.5. The van der Waals surface area contributed by atoms with Crippen molar-refractivity contribution >= 4 is 11.9 Å². The van der Waals surface area contributed by atoms with Crippen molar-refractivity contribution < 1.29 is 19.4 Å². The molecule has 0 unspecified atom stereocenters. The molecule has 0 spiro atoms. The minimum absolute atomic E-state index is 0.00896. The van der Waals surface area contributed by atoms with Crippen LogP contribution in [0.15, 0.2) is 60.7 Å². The van der Waals surface area contributed by atoms with Crippen LogP contribution in [0.5, 0.6) is 5.75 Å². The third kappa shape index (κ3) is 3.84. The molecule has 1 aliphatic heterocycles. The first-order valence-electron chi connectivity index (χ1n) is 10.5. The summed E-state index contributed by atoms with van der Waals surface area (Å²) < 4.78 is 5.31. The lowest BCUT2D eigenvalue weighted by atomic mass is 9.72. The third-order valence-electron chi connectivity index (χ3n) is 6.28. The first kappa shape index (κ1) is 20.2. The van der Waals surface area contributed by atoms with Crippen LogP contribution in [-0.4, -0.2) is 41.6 Å². The summed E-state index contributed by atoms with van der Waals surface area (Å²) in [5, 5.41) is 9.44. The number of amides is 1. The zero-order valence-electron chi connectivity index (χ0n) is 17.3. The number of rotatable bonds is 4. The number of esters is 1. The second-order valence-electron chi connectivity index (χ2n) is 8.18. The second kappa shape index (κ2) is 8.34. The largest absolute Gasteiger partial charge is 0.508 e. The Hall–Kier alpha value is -3.08. The predicted molar refractivity (Wildman–Crippen MR) is 115 cm³/mol. The van der Waals surface area contributed by atoms with Gasteiger partial charge in [-0.3, -0.25) is 9.59 Å². The number of allylic oxidation sites excluding steroid dienone is 1.